The molecule has 0 saturated heterocycles. The fourth-order valence-electron chi connectivity index (χ4n) is 4.31. The molecule has 0 spiro atoms. The molecule has 2 aliphatic carbocycles. The number of fused-ring (bicyclic) bond motifs is 2. The van der Waals surface area contributed by atoms with Crippen LogP contribution in [0, 0.1) is 0 Å². The molecule has 0 bridgehead atoms. The zero-order chi connectivity index (χ0) is 19.5. The Morgan fingerprint density at radius 3 is 2.74 bits per heavy atom. The summed E-state index contributed by atoms with van der Waals surface area (Å²) < 4.78 is 37.7. The molecular formula is C21H27F3N2O. The molecule has 1 atom stereocenters. The molecule has 0 fully saturated rings. The van der Waals surface area contributed by atoms with Crippen LogP contribution in [-0.2, 0) is 10.5 Å². The summed E-state index contributed by atoms with van der Waals surface area (Å²) in [5, 5.41) is 1.61. The van der Waals surface area contributed by atoms with Gasteiger partial charge in [0.25, 0.3) is 0 Å². The standard InChI is InChI=1S/C21H27F3N2O/c1-3-4-9-14-20(26(2)27-25-15-21(22,23)24)18-12-7-5-10-16(18)17-11-6-8-13-19(17)20/h5-7,10-12,25H,3-4,8-9,13-15H2,1-2H3. The number of hydrogen-bond donors (Lipinski definition) is 1. The molecule has 0 heterocycles. The molecule has 0 amide bonds. The van der Waals surface area contributed by atoms with Crippen molar-refractivity contribution in [3.05, 3.63) is 53.1 Å². The summed E-state index contributed by atoms with van der Waals surface area (Å²) in [6.07, 6.45) is 5.78. The van der Waals surface area contributed by atoms with E-state index in [1.54, 1.807) is 12.1 Å². The van der Waals surface area contributed by atoms with E-state index in [4.69, 9.17) is 4.94 Å². The van der Waals surface area contributed by atoms with Gasteiger partial charge < -0.3 is 0 Å². The van der Waals surface area contributed by atoms with Crippen LogP contribution in [0.1, 0.15) is 56.6 Å². The number of hydrogen-bond acceptors (Lipinski definition) is 3. The van der Waals surface area contributed by atoms with Crippen molar-refractivity contribution in [1.29, 1.82) is 0 Å². The third kappa shape index (κ3) is 3.98. The lowest BCUT2D eigenvalue weighted by Crippen LogP contribution is -2.48. The van der Waals surface area contributed by atoms with E-state index in [1.807, 2.05) is 12.1 Å². The molecule has 2 aliphatic rings. The molecule has 27 heavy (non-hydrogen) atoms. The zero-order valence-electron chi connectivity index (χ0n) is 15.9. The van der Waals surface area contributed by atoms with Crippen molar-refractivity contribution in [2.75, 3.05) is 13.6 Å². The highest BCUT2D eigenvalue weighted by Crippen LogP contribution is 2.54. The van der Waals surface area contributed by atoms with Crippen molar-refractivity contribution in [2.24, 2.45) is 0 Å². The van der Waals surface area contributed by atoms with E-state index < -0.39 is 18.3 Å². The van der Waals surface area contributed by atoms with Crippen LogP contribution in [0.4, 0.5) is 13.2 Å². The molecule has 3 nitrogen and oxygen atoms in total. The maximum Gasteiger partial charge on any atom is 0.403 e. The molecule has 0 aliphatic heterocycles. The van der Waals surface area contributed by atoms with Gasteiger partial charge in [-0.15, -0.1) is 0 Å². The Kier molecular flexibility index (Phi) is 6.08. The number of rotatable bonds is 8. The zero-order valence-corrected chi connectivity index (χ0v) is 15.9. The Balaban J connectivity index is 1.96. The number of alkyl halides is 3. The van der Waals surface area contributed by atoms with E-state index in [9.17, 15) is 13.2 Å². The molecule has 0 radical (unpaired) electrons. The molecule has 0 saturated carbocycles. The van der Waals surface area contributed by atoms with Gasteiger partial charge in [-0.05, 0) is 41.5 Å². The minimum absolute atomic E-state index is 0.537. The molecule has 3 rings (SSSR count). The normalized spacial score (nSPS) is 21.7. The Morgan fingerprint density at radius 2 is 2.00 bits per heavy atom. The van der Waals surface area contributed by atoms with Crippen LogP contribution in [0.25, 0.3) is 5.57 Å². The monoisotopic (exact) mass is 380 g/mol. The summed E-state index contributed by atoms with van der Waals surface area (Å²) in [6.45, 7) is 0.963. The quantitative estimate of drug-likeness (QED) is 0.475. The Labute approximate surface area is 158 Å². The summed E-state index contributed by atoms with van der Waals surface area (Å²) in [5.41, 5.74) is 6.29. The lowest BCUT2D eigenvalue weighted by molar-refractivity contribution is -0.264. The third-order valence-corrected chi connectivity index (χ3v) is 5.49. The van der Waals surface area contributed by atoms with Crippen LogP contribution < -0.4 is 5.48 Å². The highest BCUT2D eigenvalue weighted by molar-refractivity contribution is 5.86. The SMILES string of the molecule is CCCCCC1(N(C)ONCC(F)(F)F)C2=C(C=CCC2)c2ccccc21. The predicted octanol–water partition coefficient (Wildman–Crippen LogP) is 5.51. The number of likely N-dealkylation sites (N-methyl/N-ethyl adjacent to an activating group) is 1. The van der Waals surface area contributed by atoms with Crippen molar-refractivity contribution >= 4 is 5.57 Å². The maximum atomic E-state index is 12.6. The van der Waals surface area contributed by atoms with Gasteiger partial charge in [-0.1, -0.05) is 62.6 Å². The average molecular weight is 380 g/mol. The Hall–Kier alpha value is -1.63. The fraction of sp³-hybridized carbons (Fsp3) is 0.524. The first-order valence-electron chi connectivity index (χ1n) is 9.60. The van der Waals surface area contributed by atoms with Gasteiger partial charge in [0.2, 0.25) is 0 Å². The summed E-state index contributed by atoms with van der Waals surface area (Å²) in [4.78, 5) is 5.45. The number of nitrogens with one attached hydrogen (secondary N) is 1. The van der Waals surface area contributed by atoms with E-state index >= 15 is 0 Å². The Bertz CT molecular complexity index is 726. The third-order valence-electron chi connectivity index (χ3n) is 5.49. The topological polar surface area (TPSA) is 24.5 Å². The van der Waals surface area contributed by atoms with Crippen molar-refractivity contribution in [2.45, 2.75) is 57.2 Å². The highest BCUT2D eigenvalue weighted by atomic mass is 19.4. The minimum atomic E-state index is -4.32. The molecule has 1 unspecified atom stereocenters. The maximum absolute atomic E-state index is 12.6. The summed E-state index contributed by atoms with van der Waals surface area (Å²) in [5.74, 6) is 0. The second-order valence-electron chi connectivity index (χ2n) is 7.22. The van der Waals surface area contributed by atoms with Gasteiger partial charge in [-0.3, -0.25) is 0 Å². The number of allylic oxidation sites excluding steroid dienone is 3. The molecule has 1 aromatic carbocycles. The van der Waals surface area contributed by atoms with Crippen LogP contribution in [-0.4, -0.2) is 24.8 Å². The lowest BCUT2D eigenvalue weighted by atomic mass is 9.79. The smallest absolute Gasteiger partial charge is 0.210 e. The average Bonchev–Trinajstić information content (AvgIpc) is 2.93. The van der Waals surface area contributed by atoms with Crippen LogP contribution in [0.15, 0.2) is 42.0 Å². The summed E-state index contributed by atoms with van der Waals surface area (Å²) in [6, 6.07) is 8.18. The minimum Gasteiger partial charge on any atom is -0.210 e. The van der Waals surface area contributed by atoms with E-state index in [0.29, 0.717) is 0 Å². The van der Waals surface area contributed by atoms with Crippen molar-refractivity contribution in [3.63, 3.8) is 0 Å². The van der Waals surface area contributed by atoms with Crippen LogP contribution in [0.2, 0.25) is 0 Å². The highest BCUT2D eigenvalue weighted by Gasteiger charge is 2.48. The van der Waals surface area contributed by atoms with Crippen LogP contribution in [0.3, 0.4) is 0 Å². The first-order chi connectivity index (χ1) is 12.9. The van der Waals surface area contributed by atoms with Gasteiger partial charge in [0, 0.05) is 7.05 Å². The van der Waals surface area contributed by atoms with E-state index in [-0.39, 0.29) is 0 Å². The van der Waals surface area contributed by atoms with Crippen molar-refractivity contribution in [3.8, 4) is 0 Å². The lowest BCUT2D eigenvalue weighted by Gasteiger charge is -2.41. The number of benzene rings is 1. The fourth-order valence-corrected chi connectivity index (χ4v) is 4.31. The van der Waals surface area contributed by atoms with Gasteiger partial charge in [0.15, 0.2) is 0 Å². The van der Waals surface area contributed by atoms with Gasteiger partial charge in [0.05, 0.1) is 5.54 Å². The molecule has 148 valence electrons. The molecule has 1 N–H and O–H groups in total. The van der Waals surface area contributed by atoms with E-state index in [2.05, 4.69) is 36.7 Å². The largest absolute Gasteiger partial charge is 0.403 e. The molecule has 0 aromatic heterocycles. The van der Waals surface area contributed by atoms with Gasteiger partial charge in [0.1, 0.15) is 6.54 Å². The number of hydroxylamine groups is 3. The second-order valence-corrected chi connectivity index (χ2v) is 7.22. The van der Waals surface area contributed by atoms with Gasteiger partial charge >= 0.3 is 6.18 Å². The number of unbranched alkanes of at least 4 members (excludes halogenated alkanes) is 2. The summed E-state index contributed by atoms with van der Waals surface area (Å²) in [7, 11) is 1.74. The van der Waals surface area contributed by atoms with Crippen LogP contribution >= 0.6 is 0 Å². The first-order valence-corrected chi connectivity index (χ1v) is 9.60. The molecular weight excluding hydrogens is 353 g/mol. The van der Waals surface area contributed by atoms with Crippen molar-refractivity contribution in [1.82, 2.24) is 10.5 Å². The van der Waals surface area contributed by atoms with E-state index in [0.717, 1.165) is 49.7 Å². The molecule has 6 heteroatoms. The number of nitrogens with zero attached hydrogens (tertiary/aromatic N) is 1. The summed E-state index contributed by atoms with van der Waals surface area (Å²) >= 11 is 0. The second kappa shape index (κ2) is 8.17. The van der Waals surface area contributed by atoms with Gasteiger partial charge in [-0.2, -0.15) is 23.7 Å². The molecule has 1 aromatic rings. The van der Waals surface area contributed by atoms with E-state index in [1.165, 1.54) is 11.1 Å². The number of halogens is 3. The predicted molar refractivity (Wildman–Crippen MR) is 100 cm³/mol. The van der Waals surface area contributed by atoms with Crippen LogP contribution in [0.5, 0.6) is 0 Å². The Morgan fingerprint density at radius 1 is 1.22 bits per heavy atom. The van der Waals surface area contributed by atoms with Crippen molar-refractivity contribution < 1.29 is 18.1 Å². The first kappa shape index (κ1) is 20.1. The van der Waals surface area contributed by atoms with Gasteiger partial charge in [-0.25, -0.2) is 4.94 Å².